The van der Waals surface area contributed by atoms with E-state index in [0.29, 0.717) is 26.2 Å². The number of nitrogens with one attached hydrogen (secondary N) is 1. The average molecular weight is 508 g/mol. The number of urea groups is 1. The van der Waals surface area contributed by atoms with Crippen LogP contribution >= 0.6 is 11.3 Å². The Hall–Kier alpha value is -3.59. The van der Waals surface area contributed by atoms with E-state index in [1.165, 1.54) is 22.1 Å². The van der Waals surface area contributed by atoms with Gasteiger partial charge in [0, 0.05) is 49.2 Å². The van der Waals surface area contributed by atoms with Gasteiger partial charge >= 0.3 is 6.03 Å². The van der Waals surface area contributed by atoms with Gasteiger partial charge < -0.3 is 15.1 Å². The van der Waals surface area contributed by atoms with E-state index in [-0.39, 0.29) is 11.7 Å². The predicted octanol–water partition coefficient (Wildman–Crippen LogP) is 5.73. The highest BCUT2D eigenvalue weighted by Gasteiger charge is 2.25. The minimum absolute atomic E-state index is 0.228. The highest BCUT2D eigenvalue weighted by molar-refractivity contribution is 7.18. The number of aromatic nitrogens is 2. The molecule has 0 atom stereocenters. The SMILES string of the molecule is Cc1sc2nc(CCc3ccccc3)nc(N3CCN(C(=O)Nc4ccc(F)c(F)c4)CC3)c2c1C. The molecule has 0 bridgehead atoms. The number of benzene rings is 2. The van der Waals surface area contributed by atoms with Gasteiger partial charge in [-0.05, 0) is 43.5 Å². The van der Waals surface area contributed by atoms with Gasteiger partial charge in [0.25, 0.3) is 0 Å². The molecular formula is C27H27F2N5OS. The number of halogens is 2. The van der Waals surface area contributed by atoms with Crippen LogP contribution in [0.4, 0.5) is 25.1 Å². The summed E-state index contributed by atoms with van der Waals surface area (Å²) in [6.07, 6.45) is 1.62. The molecule has 1 N–H and O–H groups in total. The molecule has 1 aliphatic heterocycles. The lowest BCUT2D eigenvalue weighted by Gasteiger charge is -2.35. The van der Waals surface area contributed by atoms with E-state index in [1.54, 1.807) is 16.2 Å². The fourth-order valence-electron chi connectivity index (χ4n) is 4.41. The molecule has 4 aromatic rings. The Morgan fingerprint density at radius 3 is 2.44 bits per heavy atom. The van der Waals surface area contributed by atoms with Crippen LogP contribution in [0.15, 0.2) is 48.5 Å². The van der Waals surface area contributed by atoms with Gasteiger partial charge in [-0.15, -0.1) is 11.3 Å². The van der Waals surface area contributed by atoms with Crippen molar-refractivity contribution in [2.75, 3.05) is 36.4 Å². The van der Waals surface area contributed by atoms with Crippen molar-refractivity contribution in [1.82, 2.24) is 14.9 Å². The number of hydrogen-bond donors (Lipinski definition) is 1. The molecule has 2 aromatic heterocycles. The lowest BCUT2D eigenvalue weighted by Crippen LogP contribution is -2.50. The van der Waals surface area contributed by atoms with Crippen LogP contribution in [0.3, 0.4) is 0 Å². The summed E-state index contributed by atoms with van der Waals surface area (Å²) >= 11 is 1.69. The fraction of sp³-hybridized carbons (Fsp3) is 0.296. The number of amides is 2. The Kier molecular flexibility index (Phi) is 6.82. The van der Waals surface area contributed by atoms with Crippen LogP contribution in [0.2, 0.25) is 0 Å². The number of carbonyl (C=O) groups is 1. The standard InChI is InChI=1S/C27H27F2N5OS/c1-17-18(2)36-26-24(17)25(31-23(32-26)11-8-19-6-4-3-5-7-19)33-12-14-34(15-13-33)27(35)30-20-9-10-21(28)22(29)16-20/h3-7,9-10,16H,8,11-15H2,1-2H3,(H,30,35). The molecule has 2 aromatic carbocycles. The number of piperazine rings is 1. The molecule has 5 rings (SSSR count). The molecule has 1 saturated heterocycles. The maximum atomic E-state index is 13.5. The maximum absolute atomic E-state index is 13.5. The van der Waals surface area contributed by atoms with E-state index in [2.05, 4.69) is 36.2 Å². The van der Waals surface area contributed by atoms with Gasteiger partial charge in [0.1, 0.15) is 16.5 Å². The summed E-state index contributed by atoms with van der Waals surface area (Å²) in [4.78, 5) is 28.7. The van der Waals surface area contributed by atoms with E-state index in [1.807, 2.05) is 18.2 Å². The highest BCUT2D eigenvalue weighted by atomic mass is 32.1. The quantitative estimate of drug-likeness (QED) is 0.375. The van der Waals surface area contributed by atoms with Crippen molar-refractivity contribution >= 4 is 39.1 Å². The fourth-order valence-corrected chi connectivity index (χ4v) is 5.45. The van der Waals surface area contributed by atoms with Crippen molar-refractivity contribution in [3.8, 4) is 0 Å². The van der Waals surface area contributed by atoms with Gasteiger partial charge in [-0.2, -0.15) is 0 Å². The van der Waals surface area contributed by atoms with Crippen LogP contribution in [0.1, 0.15) is 21.8 Å². The molecule has 2 amide bonds. The number of carbonyl (C=O) groups excluding carboxylic acids is 1. The van der Waals surface area contributed by atoms with Crippen LogP contribution in [-0.4, -0.2) is 47.1 Å². The highest BCUT2D eigenvalue weighted by Crippen LogP contribution is 2.35. The largest absolute Gasteiger partial charge is 0.352 e. The average Bonchev–Trinajstić information content (AvgIpc) is 3.18. The van der Waals surface area contributed by atoms with Crippen LogP contribution in [-0.2, 0) is 12.8 Å². The second-order valence-electron chi connectivity index (χ2n) is 8.95. The number of rotatable bonds is 5. The van der Waals surface area contributed by atoms with Crippen molar-refractivity contribution < 1.29 is 13.6 Å². The Bertz CT molecular complexity index is 1400. The minimum atomic E-state index is -0.991. The molecule has 6 nitrogen and oxygen atoms in total. The first kappa shape index (κ1) is 24.1. The lowest BCUT2D eigenvalue weighted by atomic mass is 10.1. The van der Waals surface area contributed by atoms with E-state index < -0.39 is 11.6 Å². The number of thiophene rings is 1. The van der Waals surface area contributed by atoms with Gasteiger partial charge in [0.05, 0.1) is 5.39 Å². The van der Waals surface area contributed by atoms with Crippen molar-refractivity contribution in [2.45, 2.75) is 26.7 Å². The van der Waals surface area contributed by atoms with Crippen molar-refractivity contribution in [2.24, 2.45) is 0 Å². The number of hydrogen-bond acceptors (Lipinski definition) is 5. The molecule has 36 heavy (non-hydrogen) atoms. The van der Waals surface area contributed by atoms with Crippen LogP contribution in [0.25, 0.3) is 10.2 Å². The third kappa shape index (κ3) is 5.02. The summed E-state index contributed by atoms with van der Waals surface area (Å²) in [5.41, 5.74) is 2.67. The molecule has 1 fully saturated rings. The molecule has 0 saturated carbocycles. The third-order valence-corrected chi connectivity index (χ3v) is 7.67. The van der Waals surface area contributed by atoms with Crippen LogP contribution < -0.4 is 10.2 Å². The molecule has 0 aliphatic carbocycles. The first-order valence-corrected chi connectivity index (χ1v) is 12.8. The monoisotopic (exact) mass is 507 g/mol. The summed E-state index contributed by atoms with van der Waals surface area (Å²) in [7, 11) is 0. The van der Waals surface area contributed by atoms with E-state index >= 15 is 0 Å². The Balaban J connectivity index is 1.32. The number of fused-ring (bicyclic) bond motifs is 1. The van der Waals surface area contributed by atoms with Gasteiger partial charge in [0.15, 0.2) is 11.6 Å². The molecule has 0 spiro atoms. The molecule has 186 valence electrons. The van der Waals surface area contributed by atoms with Gasteiger partial charge in [0.2, 0.25) is 0 Å². The van der Waals surface area contributed by atoms with Gasteiger partial charge in [-0.25, -0.2) is 23.5 Å². The zero-order chi connectivity index (χ0) is 25.2. The summed E-state index contributed by atoms with van der Waals surface area (Å²) in [5.74, 6) is -0.193. The van der Waals surface area contributed by atoms with E-state index in [9.17, 15) is 13.6 Å². The number of nitrogens with zero attached hydrogens (tertiary/aromatic N) is 4. The molecule has 1 aliphatic rings. The number of aryl methyl sites for hydroxylation is 4. The summed E-state index contributed by atoms with van der Waals surface area (Å²) in [6, 6.07) is 13.3. The molecule has 0 unspecified atom stereocenters. The zero-order valence-electron chi connectivity index (χ0n) is 20.2. The Labute approximate surface area is 212 Å². The smallest absolute Gasteiger partial charge is 0.321 e. The maximum Gasteiger partial charge on any atom is 0.321 e. The summed E-state index contributed by atoms with van der Waals surface area (Å²) in [5, 5.41) is 3.74. The van der Waals surface area contributed by atoms with Crippen molar-refractivity contribution in [3.05, 3.63) is 82.0 Å². The molecular weight excluding hydrogens is 480 g/mol. The first-order chi connectivity index (χ1) is 17.4. The zero-order valence-corrected chi connectivity index (χ0v) is 21.0. The number of anilines is 2. The first-order valence-electron chi connectivity index (χ1n) is 12.0. The predicted molar refractivity (Wildman–Crippen MR) is 140 cm³/mol. The second-order valence-corrected chi connectivity index (χ2v) is 10.1. The normalized spacial score (nSPS) is 13.9. The van der Waals surface area contributed by atoms with Crippen LogP contribution in [0, 0.1) is 25.5 Å². The Morgan fingerprint density at radius 2 is 1.72 bits per heavy atom. The van der Waals surface area contributed by atoms with Crippen molar-refractivity contribution in [1.29, 1.82) is 0 Å². The minimum Gasteiger partial charge on any atom is -0.352 e. The van der Waals surface area contributed by atoms with Gasteiger partial charge in [-0.1, -0.05) is 30.3 Å². The van der Waals surface area contributed by atoms with E-state index in [4.69, 9.17) is 9.97 Å². The topological polar surface area (TPSA) is 61.4 Å². The Morgan fingerprint density at radius 1 is 0.972 bits per heavy atom. The summed E-state index contributed by atoms with van der Waals surface area (Å²) < 4.78 is 26.7. The third-order valence-electron chi connectivity index (χ3n) is 6.57. The van der Waals surface area contributed by atoms with Crippen molar-refractivity contribution in [3.63, 3.8) is 0 Å². The van der Waals surface area contributed by atoms with Gasteiger partial charge in [-0.3, -0.25) is 0 Å². The lowest BCUT2D eigenvalue weighted by molar-refractivity contribution is 0.208. The second kappa shape index (κ2) is 10.2. The van der Waals surface area contributed by atoms with E-state index in [0.717, 1.165) is 46.8 Å². The van der Waals surface area contributed by atoms with Crippen LogP contribution in [0.5, 0.6) is 0 Å². The molecule has 9 heteroatoms. The molecule has 3 heterocycles. The molecule has 0 radical (unpaired) electrons. The summed E-state index contributed by atoms with van der Waals surface area (Å²) in [6.45, 7) is 6.42.